The standard InChI is InChI=1S/C19H27N5O3/c1-5-20-19(22-11-18-23-13(4)24-27-18)21-10-15-9-17-14(7-12(3)26-17)8-16(15)25-6-2/h8-9,12H,5-7,10-11H2,1-4H3,(H2,20,21,22). The summed E-state index contributed by atoms with van der Waals surface area (Å²) in [6, 6.07) is 4.12. The molecule has 0 amide bonds. The van der Waals surface area contributed by atoms with Gasteiger partial charge in [0.05, 0.1) is 19.7 Å². The number of hydrogen-bond donors (Lipinski definition) is 2. The Labute approximate surface area is 159 Å². The number of benzene rings is 1. The second kappa shape index (κ2) is 8.75. The van der Waals surface area contributed by atoms with Crippen molar-refractivity contribution in [1.82, 2.24) is 20.8 Å². The van der Waals surface area contributed by atoms with E-state index in [1.54, 1.807) is 6.92 Å². The summed E-state index contributed by atoms with van der Waals surface area (Å²) in [4.78, 5) is 8.85. The van der Waals surface area contributed by atoms with Crippen LogP contribution in [0, 0.1) is 6.92 Å². The summed E-state index contributed by atoms with van der Waals surface area (Å²) in [5.74, 6) is 3.60. The molecule has 0 saturated heterocycles. The molecule has 1 aromatic carbocycles. The van der Waals surface area contributed by atoms with Crippen molar-refractivity contribution in [2.24, 2.45) is 4.99 Å². The number of guanidine groups is 1. The molecule has 1 aromatic heterocycles. The van der Waals surface area contributed by atoms with E-state index in [-0.39, 0.29) is 6.10 Å². The topological polar surface area (TPSA) is 93.8 Å². The zero-order valence-corrected chi connectivity index (χ0v) is 16.3. The number of aromatic nitrogens is 2. The molecule has 0 aliphatic carbocycles. The molecule has 8 nitrogen and oxygen atoms in total. The molecule has 2 heterocycles. The van der Waals surface area contributed by atoms with Crippen LogP contribution in [0.25, 0.3) is 0 Å². The van der Waals surface area contributed by atoms with Crippen LogP contribution in [0.3, 0.4) is 0 Å². The van der Waals surface area contributed by atoms with Gasteiger partial charge in [0.15, 0.2) is 11.8 Å². The van der Waals surface area contributed by atoms with Crippen LogP contribution >= 0.6 is 0 Å². The highest BCUT2D eigenvalue weighted by molar-refractivity contribution is 5.79. The molecule has 27 heavy (non-hydrogen) atoms. The first kappa shape index (κ1) is 19.0. The number of aliphatic imine (C=N–C) groups is 1. The van der Waals surface area contributed by atoms with Crippen LogP contribution in [0.4, 0.5) is 0 Å². The monoisotopic (exact) mass is 373 g/mol. The molecule has 0 saturated carbocycles. The summed E-state index contributed by atoms with van der Waals surface area (Å²) in [5.41, 5.74) is 2.19. The third kappa shape index (κ3) is 4.90. The number of rotatable bonds is 7. The minimum atomic E-state index is 0.199. The lowest BCUT2D eigenvalue weighted by Gasteiger charge is -2.13. The molecular weight excluding hydrogens is 346 g/mol. The van der Waals surface area contributed by atoms with Gasteiger partial charge in [0.25, 0.3) is 0 Å². The van der Waals surface area contributed by atoms with Crippen LogP contribution in [-0.4, -0.2) is 35.4 Å². The van der Waals surface area contributed by atoms with Crippen molar-refractivity contribution in [2.75, 3.05) is 13.2 Å². The van der Waals surface area contributed by atoms with E-state index in [1.807, 2.05) is 19.9 Å². The second-order valence-corrected chi connectivity index (χ2v) is 6.42. The lowest BCUT2D eigenvalue weighted by molar-refractivity contribution is 0.254. The fourth-order valence-corrected chi connectivity index (χ4v) is 2.97. The van der Waals surface area contributed by atoms with Crippen LogP contribution < -0.4 is 20.1 Å². The minimum absolute atomic E-state index is 0.199. The molecule has 0 bridgehead atoms. The third-order valence-electron chi connectivity index (χ3n) is 4.11. The van der Waals surface area contributed by atoms with Crippen LogP contribution in [0.5, 0.6) is 11.5 Å². The van der Waals surface area contributed by atoms with E-state index in [0.29, 0.717) is 37.4 Å². The summed E-state index contributed by atoms with van der Waals surface area (Å²) >= 11 is 0. The third-order valence-corrected chi connectivity index (χ3v) is 4.11. The van der Waals surface area contributed by atoms with Crippen molar-refractivity contribution in [2.45, 2.75) is 53.3 Å². The zero-order valence-electron chi connectivity index (χ0n) is 16.3. The van der Waals surface area contributed by atoms with E-state index >= 15 is 0 Å². The molecule has 0 spiro atoms. The fourth-order valence-electron chi connectivity index (χ4n) is 2.97. The SMILES string of the molecule is CCNC(=NCc1cc2c(cc1OCC)CC(C)O2)NCc1nc(C)no1. The predicted octanol–water partition coefficient (Wildman–Crippen LogP) is 2.36. The van der Waals surface area contributed by atoms with Crippen molar-refractivity contribution in [3.05, 3.63) is 35.0 Å². The van der Waals surface area contributed by atoms with Gasteiger partial charge in [-0.3, -0.25) is 0 Å². The largest absolute Gasteiger partial charge is 0.494 e. The van der Waals surface area contributed by atoms with Gasteiger partial charge in [-0.2, -0.15) is 4.98 Å². The first-order valence-corrected chi connectivity index (χ1v) is 9.35. The maximum absolute atomic E-state index is 5.88. The molecule has 1 unspecified atom stereocenters. The maximum Gasteiger partial charge on any atom is 0.246 e. The number of ether oxygens (including phenoxy) is 2. The summed E-state index contributed by atoms with van der Waals surface area (Å²) in [6.07, 6.45) is 1.11. The molecule has 146 valence electrons. The van der Waals surface area contributed by atoms with Gasteiger partial charge in [0, 0.05) is 24.1 Å². The lowest BCUT2D eigenvalue weighted by atomic mass is 10.1. The first-order chi connectivity index (χ1) is 13.1. The van der Waals surface area contributed by atoms with Gasteiger partial charge in [-0.1, -0.05) is 5.16 Å². The van der Waals surface area contributed by atoms with E-state index in [2.05, 4.69) is 38.8 Å². The molecule has 0 radical (unpaired) electrons. The quantitative estimate of drug-likeness (QED) is 0.568. The Kier molecular flexibility index (Phi) is 6.16. The summed E-state index contributed by atoms with van der Waals surface area (Å²) < 4.78 is 16.8. The molecule has 8 heteroatoms. The van der Waals surface area contributed by atoms with Gasteiger partial charge in [0.1, 0.15) is 17.6 Å². The average molecular weight is 373 g/mol. The Balaban J connectivity index is 1.73. The Morgan fingerprint density at radius 1 is 1.33 bits per heavy atom. The molecule has 1 aliphatic heterocycles. The normalized spacial score (nSPS) is 16.0. The van der Waals surface area contributed by atoms with Gasteiger partial charge in [0.2, 0.25) is 5.89 Å². The maximum atomic E-state index is 5.88. The van der Waals surface area contributed by atoms with Crippen LogP contribution in [-0.2, 0) is 19.5 Å². The number of aryl methyl sites for hydroxylation is 1. The molecular formula is C19H27N5O3. The van der Waals surface area contributed by atoms with Crippen molar-refractivity contribution in [1.29, 1.82) is 0 Å². The van der Waals surface area contributed by atoms with Crippen LogP contribution in [0.1, 0.15) is 43.6 Å². The molecule has 2 N–H and O–H groups in total. The van der Waals surface area contributed by atoms with Gasteiger partial charge < -0.3 is 24.6 Å². The number of nitrogens with one attached hydrogen (secondary N) is 2. The molecule has 3 rings (SSSR count). The smallest absolute Gasteiger partial charge is 0.246 e. The lowest BCUT2D eigenvalue weighted by Crippen LogP contribution is -2.36. The summed E-state index contributed by atoms with van der Waals surface area (Å²) in [5, 5.41) is 10.2. The van der Waals surface area contributed by atoms with Crippen molar-refractivity contribution in [3.8, 4) is 11.5 Å². The van der Waals surface area contributed by atoms with Gasteiger partial charge >= 0.3 is 0 Å². The number of hydrogen-bond acceptors (Lipinski definition) is 6. The van der Waals surface area contributed by atoms with E-state index in [4.69, 9.17) is 14.0 Å². The zero-order chi connectivity index (χ0) is 19.2. The highest BCUT2D eigenvalue weighted by atomic mass is 16.5. The van der Waals surface area contributed by atoms with Gasteiger partial charge in [-0.15, -0.1) is 0 Å². The Hall–Kier alpha value is -2.77. The fraction of sp³-hybridized carbons (Fsp3) is 0.526. The van der Waals surface area contributed by atoms with Crippen LogP contribution in [0.2, 0.25) is 0 Å². The second-order valence-electron chi connectivity index (χ2n) is 6.42. The van der Waals surface area contributed by atoms with Crippen molar-refractivity contribution in [3.63, 3.8) is 0 Å². The van der Waals surface area contributed by atoms with E-state index < -0.39 is 0 Å². The highest BCUT2D eigenvalue weighted by Gasteiger charge is 2.21. The average Bonchev–Trinajstić information content (AvgIpc) is 3.21. The Morgan fingerprint density at radius 3 is 2.89 bits per heavy atom. The molecule has 0 fully saturated rings. The Bertz CT molecular complexity index is 803. The van der Waals surface area contributed by atoms with Crippen LogP contribution in [0.15, 0.2) is 21.6 Å². The molecule has 1 atom stereocenters. The summed E-state index contributed by atoms with van der Waals surface area (Å²) in [6.45, 7) is 10.1. The minimum Gasteiger partial charge on any atom is -0.494 e. The molecule has 2 aromatic rings. The van der Waals surface area contributed by atoms with E-state index in [9.17, 15) is 0 Å². The summed E-state index contributed by atoms with van der Waals surface area (Å²) in [7, 11) is 0. The van der Waals surface area contributed by atoms with E-state index in [1.165, 1.54) is 5.56 Å². The number of nitrogens with zero attached hydrogens (tertiary/aromatic N) is 3. The van der Waals surface area contributed by atoms with E-state index in [0.717, 1.165) is 30.0 Å². The highest BCUT2D eigenvalue weighted by Crippen LogP contribution is 2.35. The van der Waals surface area contributed by atoms with Crippen molar-refractivity contribution < 1.29 is 14.0 Å². The number of fused-ring (bicyclic) bond motifs is 1. The molecule has 1 aliphatic rings. The Morgan fingerprint density at radius 2 is 2.19 bits per heavy atom. The predicted molar refractivity (Wildman–Crippen MR) is 102 cm³/mol. The van der Waals surface area contributed by atoms with Gasteiger partial charge in [-0.25, -0.2) is 4.99 Å². The first-order valence-electron chi connectivity index (χ1n) is 9.35. The van der Waals surface area contributed by atoms with Crippen molar-refractivity contribution >= 4 is 5.96 Å². The van der Waals surface area contributed by atoms with Gasteiger partial charge in [-0.05, 0) is 39.8 Å².